The number of hydrogen-bond acceptors (Lipinski definition) is 4. The highest BCUT2D eigenvalue weighted by molar-refractivity contribution is 5.68. The molecule has 0 amide bonds. The van der Waals surface area contributed by atoms with E-state index in [1.807, 2.05) is 0 Å². The molecule has 4 nitrogen and oxygen atoms in total. The molecule has 0 spiro atoms. The number of carbonyl (C=O) groups excluding carboxylic acids is 2. The highest BCUT2D eigenvalue weighted by Gasteiger charge is 2.81. The van der Waals surface area contributed by atoms with Gasteiger partial charge in [0.1, 0.15) is 11.7 Å². The first-order valence-corrected chi connectivity index (χ1v) is 10.7. The third kappa shape index (κ3) is 3.04. The maximum atomic E-state index is 12.0. The Balaban J connectivity index is 1.98. The number of fused-ring (bicyclic) bond motifs is 4. The Kier molecular flexibility index (Phi) is 5.55. The summed E-state index contributed by atoms with van der Waals surface area (Å²) in [7, 11) is 0. The average Bonchev–Trinajstić information content (AvgIpc) is 2.98. The van der Waals surface area contributed by atoms with Crippen molar-refractivity contribution in [3.05, 3.63) is 23.3 Å². The maximum absolute atomic E-state index is 12.0. The van der Waals surface area contributed by atoms with Crippen LogP contribution in [0.5, 0.6) is 0 Å². The molecule has 28 heavy (non-hydrogen) atoms. The quantitative estimate of drug-likeness (QED) is 0.478. The minimum Gasteiger partial charge on any atom is -0.462 e. The van der Waals surface area contributed by atoms with E-state index in [0.717, 1.165) is 25.7 Å². The van der Waals surface area contributed by atoms with Crippen LogP contribution < -0.4 is 0 Å². The van der Waals surface area contributed by atoms with E-state index in [1.54, 1.807) is 0 Å². The van der Waals surface area contributed by atoms with Crippen LogP contribution in [0.15, 0.2) is 23.3 Å². The first-order valence-electron chi connectivity index (χ1n) is 10.7. The largest absolute Gasteiger partial charge is 0.462 e. The van der Waals surface area contributed by atoms with Gasteiger partial charge in [0, 0.05) is 25.2 Å². The van der Waals surface area contributed by atoms with Crippen molar-refractivity contribution in [3.63, 3.8) is 0 Å². The first kappa shape index (κ1) is 21.1. The van der Waals surface area contributed by atoms with E-state index in [2.05, 4.69) is 46.8 Å². The van der Waals surface area contributed by atoms with Crippen molar-refractivity contribution >= 4 is 11.9 Å². The van der Waals surface area contributed by atoms with E-state index in [4.69, 9.17) is 9.47 Å². The summed E-state index contributed by atoms with van der Waals surface area (Å²) in [6.07, 6.45) is 8.04. The van der Waals surface area contributed by atoms with Gasteiger partial charge in [-0.3, -0.25) is 9.59 Å². The van der Waals surface area contributed by atoms with Gasteiger partial charge in [0.2, 0.25) is 0 Å². The predicted octanol–water partition coefficient (Wildman–Crippen LogP) is 5.22. The van der Waals surface area contributed by atoms with Crippen molar-refractivity contribution < 1.29 is 19.1 Å². The number of esters is 2. The van der Waals surface area contributed by atoms with Crippen LogP contribution in [0.3, 0.4) is 0 Å². The molecule has 156 valence electrons. The second-order valence-corrected chi connectivity index (χ2v) is 9.74. The van der Waals surface area contributed by atoms with Crippen molar-refractivity contribution in [2.75, 3.05) is 0 Å². The zero-order valence-electron chi connectivity index (χ0n) is 18.5. The van der Waals surface area contributed by atoms with Crippen molar-refractivity contribution in [3.8, 4) is 0 Å². The van der Waals surface area contributed by atoms with Crippen LogP contribution in [0.2, 0.25) is 0 Å². The third-order valence-corrected chi connectivity index (χ3v) is 7.87. The second kappa shape index (κ2) is 7.35. The first-order chi connectivity index (χ1) is 13.0. The summed E-state index contributed by atoms with van der Waals surface area (Å²) in [6.45, 7) is 13.9. The van der Waals surface area contributed by atoms with E-state index in [9.17, 15) is 9.59 Å². The molecule has 0 heterocycles. The molecule has 7 atom stereocenters. The molecule has 0 aliphatic heterocycles. The molecule has 0 aromatic carbocycles. The number of ether oxygens (including phenoxy) is 2. The van der Waals surface area contributed by atoms with Gasteiger partial charge in [-0.15, -0.1) is 0 Å². The van der Waals surface area contributed by atoms with E-state index in [-0.39, 0.29) is 23.5 Å². The standard InChI is InChI=1S/C24H36O4/c1-14(2)9-8-10-15(3)19-13-20(27-17(5)25)23(7)22(19)21-16(4)11-12-24(21,23)28-18(6)26/h9-10,16,19-22H,8,11-13H2,1-7H3. The number of carbonyl (C=O) groups is 2. The Labute approximate surface area is 169 Å². The molecule has 3 aliphatic rings. The highest BCUT2D eigenvalue weighted by Crippen LogP contribution is 2.77. The molecule has 0 aromatic rings. The SMILES string of the molecule is CC(=O)OC1CC(C(C)=CCC=C(C)C)C2C3C(C)CCC3(OC(C)=O)C12C. The summed E-state index contributed by atoms with van der Waals surface area (Å²) >= 11 is 0. The lowest BCUT2D eigenvalue weighted by Gasteiger charge is -2.65. The van der Waals surface area contributed by atoms with Gasteiger partial charge in [0.05, 0.1) is 0 Å². The van der Waals surface area contributed by atoms with Gasteiger partial charge in [-0.05, 0) is 64.2 Å². The van der Waals surface area contributed by atoms with Crippen LogP contribution in [0.25, 0.3) is 0 Å². The third-order valence-electron chi connectivity index (χ3n) is 7.87. The topological polar surface area (TPSA) is 52.6 Å². The maximum Gasteiger partial charge on any atom is 0.303 e. The van der Waals surface area contributed by atoms with E-state index in [0.29, 0.717) is 23.7 Å². The molecule has 3 aliphatic carbocycles. The number of rotatable bonds is 5. The normalized spacial score (nSPS) is 41.5. The molecule has 0 radical (unpaired) electrons. The van der Waals surface area contributed by atoms with Gasteiger partial charge in [-0.1, -0.05) is 37.1 Å². The Morgan fingerprint density at radius 1 is 1.04 bits per heavy atom. The minimum atomic E-state index is -0.488. The lowest BCUT2D eigenvalue weighted by Crippen LogP contribution is -2.72. The summed E-state index contributed by atoms with van der Waals surface area (Å²) < 4.78 is 11.9. The van der Waals surface area contributed by atoms with E-state index < -0.39 is 5.60 Å². The molecule has 7 unspecified atom stereocenters. The van der Waals surface area contributed by atoms with Crippen molar-refractivity contribution in [1.29, 1.82) is 0 Å². The van der Waals surface area contributed by atoms with Crippen LogP contribution in [0.1, 0.15) is 74.1 Å². The summed E-state index contributed by atoms with van der Waals surface area (Å²) in [4.78, 5) is 23.9. The van der Waals surface area contributed by atoms with Gasteiger partial charge < -0.3 is 9.47 Å². The molecule has 3 saturated carbocycles. The fourth-order valence-corrected chi connectivity index (χ4v) is 6.81. The molecule has 3 fully saturated rings. The fraction of sp³-hybridized carbons (Fsp3) is 0.750. The molecular formula is C24H36O4. The van der Waals surface area contributed by atoms with Crippen LogP contribution in [-0.4, -0.2) is 23.6 Å². The zero-order chi connectivity index (χ0) is 20.9. The zero-order valence-corrected chi connectivity index (χ0v) is 18.5. The second-order valence-electron chi connectivity index (χ2n) is 9.74. The summed E-state index contributed by atoms with van der Waals surface area (Å²) in [5.74, 6) is 1.15. The van der Waals surface area contributed by atoms with Crippen molar-refractivity contribution in [2.24, 2.45) is 29.1 Å². The highest BCUT2D eigenvalue weighted by atomic mass is 16.6. The Bertz CT molecular complexity index is 716. The van der Waals surface area contributed by atoms with Gasteiger partial charge >= 0.3 is 11.9 Å². The lowest BCUT2D eigenvalue weighted by molar-refractivity contribution is -0.279. The van der Waals surface area contributed by atoms with E-state index in [1.165, 1.54) is 25.0 Å². The summed E-state index contributed by atoms with van der Waals surface area (Å²) in [6, 6.07) is 0. The monoisotopic (exact) mass is 388 g/mol. The van der Waals surface area contributed by atoms with Crippen molar-refractivity contribution in [2.45, 2.75) is 85.9 Å². The van der Waals surface area contributed by atoms with Gasteiger partial charge in [-0.2, -0.15) is 0 Å². The smallest absolute Gasteiger partial charge is 0.303 e. The number of allylic oxidation sites excluding steroid dienone is 4. The summed E-state index contributed by atoms with van der Waals surface area (Å²) in [5.41, 5.74) is 1.90. The minimum absolute atomic E-state index is 0.201. The molecular weight excluding hydrogens is 352 g/mol. The Hall–Kier alpha value is -1.58. The van der Waals surface area contributed by atoms with Crippen LogP contribution in [0.4, 0.5) is 0 Å². The molecule has 0 N–H and O–H groups in total. The average molecular weight is 389 g/mol. The van der Waals surface area contributed by atoms with Crippen molar-refractivity contribution in [1.82, 2.24) is 0 Å². The molecule has 4 heteroatoms. The fourth-order valence-electron chi connectivity index (χ4n) is 6.81. The van der Waals surface area contributed by atoms with Gasteiger partial charge in [0.15, 0.2) is 0 Å². The number of hydrogen-bond donors (Lipinski definition) is 0. The Morgan fingerprint density at radius 3 is 2.29 bits per heavy atom. The van der Waals surface area contributed by atoms with Gasteiger partial charge in [0.25, 0.3) is 0 Å². The van der Waals surface area contributed by atoms with Crippen LogP contribution in [0, 0.1) is 29.1 Å². The molecule has 3 rings (SSSR count). The lowest BCUT2D eigenvalue weighted by atomic mass is 9.43. The Morgan fingerprint density at radius 2 is 1.71 bits per heavy atom. The predicted molar refractivity (Wildman–Crippen MR) is 109 cm³/mol. The van der Waals surface area contributed by atoms with Crippen LogP contribution in [-0.2, 0) is 19.1 Å². The van der Waals surface area contributed by atoms with E-state index >= 15 is 0 Å². The molecule has 0 bridgehead atoms. The summed E-state index contributed by atoms with van der Waals surface area (Å²) in [5, 5.41) is 0. The molecule has 0 saturated heterocycles. The molecule has 0 aromatic heterocycles. The van der Waals surface area contributed by atoms with Gasteiger partial charge in [-0.25, -0.2) is 0 Å². The van der Waals surface area contributed by atoms with Crippen LogP contribution >= 0.6 is 0 Å².